The highest BCUT2D eigenvalue weighted by molar-refractivity contribution is 8.15. The number of nitrogens with one attached hydrogen (secondary N) is 1. The van der Waals surface area contributed by atoms with Gasteiger partial charge < -0.3 is 14.8 Å². The Morgan fingerprint density at radius 3 is 2.36 bits per heavy atom. The van der Waals surface area contributed by atoms with E-state index in [9.17, 15) is 35.9 Å². The molecule has 1 N–H and O–H groups in total. The highest BCUT2D eigenvalue weighted by atomic mass is 35.5. The van der Waals surface area contributed by atoms with Crippen LogP contribution < -0.4 is 19.7 Å². The Balaban J connectivity index is 1.21. The Kier molecular flexibility index (Phi) is 9.67. The fraction of sp³-hybridized carbons (Fsp3) is 0.207. The number of amidine groups is 1. The Morgan fingerprint density at radius 2 is 1.70 bits per heavy atom. The lowest BCUT2D eigenvalue weighted by molar-refractivity contribution is -0.275. The van der Waals surface area contributed by atoms with E-state index in [2.05, 4.69) is 29.9 Å². The number of ether oxygens (including phenoxy) is 2. The molecule has 0 radical (unpaired) electrons. The van der Waals surface area contributed by atoms with E-state index in [1.54, 1.807) is 24.3 Å². The summed E-state index contributed by atoms with van der Waals surface area (Å²) in [7, 11) is 0. The number of alkyl halides is 6. The number of nitrogens with zero attached hydrogens (tertiary/aromatic N) is 5. The first kappa shape index (κ1) is 33.6. The minimum Gasteiger partial charge on any atom is -0.406 e. The smallest absolute Gasteiger partial charge is 0.406 e. The zero-order valence-corrected chi connectivity index (χ0v) is 25.4. The van der Waals surface area contributed by atoms with E-state index < -0.39 is 30.4 Å². The minimum absolute atomic E-state index is 0.0418. The van der Waals surface area contributed by atoms with Crippen LogP contribution in [0.4, 0.5) is 36.8 Å². The Morgan fingerprint density at radius 1 is 1.02 bits per heavy atom. The van der Waals surface area contributed by atoms with E-state index in [0.29, 0.717) is 17.1 Å². The zero-order valence-electron chi connectivity index (χ0n) is 23.8. The van der Waals surface area contributed by atoms with Gasteiger partial charge >= 0.3 is 18.8 Å². The van der Waals surface area contributed by atoms with Crippen molar-refractivity contribution in [2.45, 2.75) is 25.6 Å². The van der Waals surface area contributed by atoms with Gasteiger partial charge in [0.15, 0.2) is 16.7 Å². The van der Waals surface area contributed by atoms with E-state index >= 15 is 0 Å². The summed E-state index contributed by atoms with van der Waals surface area (Å²) in [6.07, 6.45) is -8.42. The number of carbonyl (C=O) groups is 2. The van der Waals surface area contributed by atoms with Crippen molar-refractivity contribution in [2.75, 3.05) is 17.2 Å². The highest BCUT2D eigenvalue weighted by Gasteiger charge is 2.37. The molecule has 1 unspecified atom stereocenters. The molecule has 10 nitrogen and oxygen atoms in total. The second-order valence-corrected chi connectivity index (χ2v) is 11.2. The van der Waals surface area contributed by atoms with Crippen LogP contribution in [-0.4, -0.2) is 56.9 Å². The molecular formula is C29H21ClF6N6O4S. The molecule has 246 valence electrons. The first-order valence-electron chi connectivity index (χ1n) is 13.4. The van der Waals surface area contributed by atoms with Gasteiger partial charge in [-0.3, -0.25) is 9.69 Å². The molecule has 47 heavy (non-hydrogen) atoms. The number of halogens is 7. The summed E-state index contributed by atoms with van der Waals surface area (Å²) in [6.45, 7) is 1.97. The van der Waals surface area contributed by atoms with Crippen LogP contribution >= 0.6 is 23.4 Å². The normalized spacial score (nSPS) is 15.2. The summed E-state index contributed by atoms with van der Waals surface area (Å²) < 4.78 is 85.4. The van der Waals surface area contributed by atoms with Gasteiger partial charge in [0.1, 0.15) is 12.1 Å². The summed E-state index contributed by atoms with van der Waals surface area (Å²) in [5.41, 5.74) is 1.65. The third-order valence-corrected chi connectivity index (χ3v) is 7.63. The molecule has 0 bridgehead atoms. The van der Waals surface area contributed by atoms with Crippen molar-refractivity contribution >= 4 is 46.2 Å². The monoisotopic (exact) mass is 698 g/mol. The number of benzene rings is 3. The van der Waals surface area contributed by atoms with Gasteiger partial charge in [-0.15, -0.1) is 31.4 Å². The van der Waals surface area contributed by atoms with Gasteiger partial charge in [0.05, 0.1) is 17.1 Å². The molecule has 0 saturated carbocycles. The number of anilines is 1. The van der Waals surface area contributed by atoms with Crippen molar-refractivity contribution in [3.8, 4) is 28.6 Å². The van der Waals surface area contributed by atoms with Crippen molar-refractivity contribution in [2.24, 2.45) is 4.99 Å². The fourth-order valence-corrected chi connectivity index (χ4v) is 5.35. The molecule has 1 atom stereocenters. The lowest BCUT2D eigenvalue weighted by atomic mass is 10.00. The van der Waals surface area contributed by atoms with Gasteiger partial charge in [0.2, 0.25) is 5.91 Å². The van der Waals surface area contributed by atoms with Crippen LogP contribution in [0.3, 0.4) is 0 Å². The third kappa shape index (κ3) is 8.74. The summed E-state index contributed by atoms with van der Waals surface area (Å²) in [5.74, 6) is -1.67. The second-order valence-electron chi connectivity index (χ2n) is 9.84. The van der Waals surface area contributed by atoms with E-state index in [1.165, 1.54) is 29.2 Å². The van der Waals surface area contributed by atoms with Crippen molar-refractivity contribution in [1.82, 2.24) is 20.1 Å². The largest absolute Gasteiger partial charge is 0.573 e. The molecule has 1 aliphatic heterocycles. The lowest BCUT2D eigenvalue weighted by Gasteiger charge is -2.20. The first-order valence-corrected chi connectivity index (χ1v) is 14.8. The molecule has 1 aliphatic rings. The highest BCUT2D eigenvalue weighted by Crippen LogP contribution is 2.39. The number of aliphatic imine (C=N–C) groups is 1. The lowest BCUT2D eigenvalue weighted by Crippen LogP contribution is -2.33. The van der Waals surface area contributed by atoms with Crippen molar-refractivity contribution in [3.63, 3.8) is 0 Å². The van der Waals surface area contributed by atoms with Crippen LogP contribution in [0.2, 0.25) is 5.02 Å². The second kappa shape index (κ2) is 13.5. The van der Waals surface area contributed by atoms with Gasteiger partial charge in [-0.25, -0.2) is 14.5 Å². The van der Waals surface area contributed by atoms with Crippen molar-refractivity contribution in [1.29, 1.82) is 0 Å². The van der Waals surface area contributed by atoms with E-state index in [1.807, 2.05) is 6.92 Å². The molecule has 1 aromatic heterocycles. The summed E-state index contributed by atoms with van der Waals surface area (Å²) in [6, 6.07) is 14.7. The molecule has 0 spiro atoms. The predicted octanol–water partition coefficient (Wildman–Crippen LogP) is 7.33. The van der Waals surface area contributed by atoms with Gasteiger partial charge in [-0.2, -0.15) is 4.99 Å². The van der Waals surface area contributed by atoms with Crippen molar-refractivity contribution in [3.05, 3.63) is 83.6 Å². The number of aromatic nitrogens is 3. The van der Waals surface area contributed by atoms with Crippen LogP contribution in [0.5, 0.6) is 11.5 Å². The molecule has 4 aromatic rings. The fourth-order valence-electron chi connectivity index (χ4n) is 4.32. The summed E-state index contributed by atoms with van der Waals surface area (Å²) in [4.78, 5) is 34.2. The molecule has 2 heterocycles. The maximum atomic E-state index is 13.0. The van der Waals surface area contributed by atoms with Crippen LogP contribution in [0.25, 0.3) is 17.1 Å². The number of hydrogen-bond acceptors (Lipinski definition) is 7. The summed E-state index contributed by atoms with van der Waals surface area (Å²) >= 11 is 6.83. The maximum Gasteiger partial charge on any atom is 0.573 e. The number of rotatable bonds is 8. The average molecular weight is 699 g/mol. The van der Waals surface area contributed by atoms with E-state index in [4.69, 9.17) is 11.6 Å². The Labute approximate surface area is 271 Å². The molecule has 18 heteroatoms. The quantitative estimate of drug-likeness (QED) is 0.192. The van der Waals surface area contributed by atoms with Crippen LogP contribution in [0.15, 0.2) is 78.0 Å². The van der Waals surface area contributed by atoms with E-state index in [-0.39, 0.29) is 39.8 Å². The molecular weight excluding hydrogens is 678 g/mol. The maximum absolute atomic E-state index is 13.0. The number of hydrogen-bond donors (Lipinski definition) is 1. The molecule has 1 saturated heterocycles. The standard InChI is InChI=1S/C29H21ClF6N6O4S/c1-16(13-37-26(44)39-27-42(24(43)14-47-27)22-12-19(30)6-11-23(22)46-29(34,35)36)17-2-4-18(5-3-17)25-38-15-41(40-25)20-7-9-21(10-8-20)45-28(31,32)33/h2-12,15-16H,13-14H2,1H3,(H,37,44). The van der Waals surface area contributed by atoms with Gasteiger partial charge in [-0.05, 0) is 53.9 Å². The van der Waals surface area contributed by atoms with Gasteiger partial charge in [-0.1, -0.05) is 54.6 Å². The van der Waals surface area contributed by atoms with Crippen LogP contribution in [0.1, 0.15) is 18.4 Å². The zero-order chi connectivity index (χ0) is 33.9. The van der Waals surface area contributed by atoms with E-state index in [0.717, 1.165) is 46.5 Å². The number of thioether (sulfide) groups is 1. The average Bonchev–Trinajstić information content (AvgIpc) is 3.63. The molecule has 5 rings (SSSR count). The summed E-state index contributed by atoms with van der Waals surface area (Å²) in [5, 5.41) is 6.90. The first-order chi connectivity index (χ1) is 22.1. The molecule has 3 amide bonds. The third-order valence-electron chi connectivity index (χ3n) is 6.47. The Hall–Kier alpha value is -4.77. The topological polar surface area (TPSA) is 111 Å². The number of carbonyl (C=O) groups excluding carboxylic acids is 2. The molecule has 0 aliphatic carbocycles. The molecule has 1 fully saturated rings. The van der Waals surface area contributed by atoms with Crippen LogP contribution in [0, 0.1) is 0 Å². The van der Waals surface area contributed by atoms with Crippen LogP contribution in [-0.2, 0) is 4.79 Å². The SMILES string of the molecule is CC(CNC(=O)N=C1SCC(=O)N1c1cc(Cl)ccc1OC(F)(F)F)c1ccc(-c2ncn(-c3ccc(OC(F)(F)F)cc3)n2)cc1. The number of amides is 3. The number of urea groups is 1. The Bertz CT molecular complexity index is 1800. The predicted molar refractivity (Wildman–Crippen MR) is 161 cm³/mol. The van der Waals surface area contributed by atoms with Gasteiger partial charge in [0.25, 0.3) is 0 Å². The molecule has 3 aromatic carbocycles. The minimum atomic E-state index is -5.03. The van der Waals surface area contributed by atoms with Crippen molar-refractivity contribution < 1.29 is 45.4 Å². The van der Waals surface area contributed by atoms with Gasteiger partial charge in [0, 0.05) is 17.1 Å².